The van der Waals surface area contributed by atoms with Crippen LogP contribution in [0.15, 0.2) is 51.8 Å². The van der Waals surface area contributed by atoms with Gasteiger partial charge in [0.15, 0.2) is 0 Å². The molecular formula is C15H13BrN2O3S. The number of aryl methyl sites for hydroxylation is 1. The van der Waals surface area contributed by atoms with E-state index in [2.05, 4.69) is 21.2 Å². The highest BCUT2D eigenvalue weighted by molar-refractivity contribution is 9.10. The first-order chi connectivity index (χ1) is 10.5. The van der Waals surface area contributed by atoms with Gasteiger partial charge in [-0.25, -0.2) is 0 Å². The molecule has 2 rings (SSSR count). The summed E-state index contributed by atoms with van der Waals surface area (Å²) in [5, 5.41) is 13.6. The molecule has 7 heteroatoms. The average molecular weight is 381 g/mol. The van der Waals surface area contributed by atoms with Crippen LogP contribution in [-0.2, 0) is 4.79 Å². The number of nitro benzene ring substituents is 1. The SMILES string of the molecule is Cc1ccc(NC(=O)CSc2ccc(Br)cc2)c([N+](=O)[O-])c1. The van der Waals surface area contributed by atoms with Gasteiger partial charge in [-0.2, -0.15) is 0 Å². The van der Waals surface area contributed by atoms with Gasteiger partial charge < -0.3 is 5.32 Å². The summed E-state index contributed by atoms with van der Waals surface area (Å²) in [5.74, 6) is -0.0907. The molecule has 0 heterocycles. The Morgan fingerprint density at radius 1 is 1.27 bits per heavy atom. The highest BCUT2D eigenvalue weighted by Crippen LogP contribution is 2.26. The Bertz CT molecular complexity index is 704. The molecule has 0 aliphatic heterocycles. The summed E-state index contributed by atoms with van der Waals surface area (Å²) in [6, 6.07) is 12.3. The predicted octanol–water partition coefficient (Wildman–Crippen LogP) is 4.40. The second-order valence-corrected chi connectivity index (χ2v) is 6.53. The monoisotopic (exact) mass is 380 g/mol. The molecule has 2 aromatic carbocycles. The first kappa shape index (κ1) is 16.5. The Hall–Kier alpha value is -1.86. The second-order valence-electron chi connectivity index (χ2n) is 4.57. The third kappa shape index (κ3) is 4.57. The molecule has 0 spiro atoms. The van der Waals surface area contributed by atoms with Crippen molar-refractivity contribution in [2.45, 2.75) is 11.8 Å². The zero-order valence-electron chi connectivity index (χ0n) is 11.7. The minimum atomic E-state index is -0.496. The maximum absolute atomic E-state index is 11.9. The van der Waals surface area contributed by atoms with E-state index in [1.807, 2.05) is 24.3 Å². The average Bonchev–Trinajstić information content (AvgIpc) is 2.48. The Morgan fingerprint density at radius 3 is 2.59 bits per heavy atom. The normalized spacial score (nSPS) is 10.3. The van der Waals surface area contributed by atoms with E-state index >= 15 is 0 Å². The fourth-order valence-corrected chi connectivity index (χ4v) is 2.73. The van der Waals surface area contributed by atoms with E-state index in [-0.39, 0.29) is 23.0 Å². The molecule has 0 aromatic heterocycles. The molecule has 22 heavy (non-hydrogen) atoms. The molecule has 0 radical (unpaired) electrons. The van der Waals surface area contributed by atoms with E-state index in [9.17, 15) is 14.9 Å². The topological polar surface area (TPSA) is 72.2 Å². The molecule has 2 aromatic rings. The molecule has 0 unspecified atom stereocenters. The lowest BCUT2D eigenvalue weighted by molar-refractivity contribution is -0.384. The van der Waals surface area contributed by atoms with Gasteiger partial charge in [-0.1, -0.05) is 22.0 Å². The zero-order chi connectivity index (χ0) is 16.1. The predicted molar refractivity (Wildman–Crippen MR) is 91.3 cm³/mol. The van der Waals surface area contributed by atoms with Crippen molar-refractivity contribution in [2.75, 3.05) is 11.1 Å². The van der Waals surface area contributed by atoms with Gasteiger partial charge in [0.2, 0.25) is 5.91 Å². The van der Waals surface area contributed by atoms with Crippen molar-refractivity contribution in [3.8, 4) is 0 Å². The number of nitro groups is 1. The molecule has 114 valence electrons. The zero-order valence-corrected chi connectivity index (χ0v) is 14.1. The number of hydrogen-bond acceptors (Lipinski definition) is 4. The van der Waals surface area contributed by atoms with Gasteiger partial charge in [0.25, 0.3) is 5.69 Å². The highest BCUT2D eigenvalue weighted by atomic mass is 79.9. The number of anilines is 1. The Labute approximate surface area is 140 Å². The Balaban J connectivity index is 2.00. The minimum absolute atomic E-state index is 0.0954. The molecule has 0 saturated heterocycles. The minimum Gasteiger partial charge on any atom is -0.320 e. The van der Waals surface area contributed by atoms with Crippen LogP contribution in [0.2, 0.25) is 0 Å². The van der Waals surface area contributed by atoms with Crippen molar-refractivity contribution in [3.05, 3.63) is 62.6 Å². The summed E-state index contributed by atoms with van der Waals surface area (Å²) in [4.78, 5) is 23.4. The molecule has 0 atom stereocenters. The molecule has 0 aliphatic carbocycles. The van der Waals surface area contributed by atoms with E-state index in [1.165, 1.54) is 17.8 Å². The van der Waals surface area contributed by atoms with E-state index in [4.69, 9.17) is 0 Å². The van der Waals surface area contributed by atoms with Crippen LogP contribution in [0.1, 0.15) is 5.56 Å². The number of thioether (sulfide) groups is 1. The summed E-state index contributed by atoms with van der Waals surface area (Å²) in [6.45, 7) is 1.77. The van der Waals surface area contributed by atoms with Crippen molar-refractivity contribution in [3.63, 3.8) is 0 Å². The number of amides is 1. The lowest BCUT2D eigenvalue weighted by Crippen LogP contribution is -2.15. The van der Waals surface area contributed by atoms with Crippen molar-refractivity contribution >= 4 is 45.0 Å². The number of nitrogens with one attached hydrogen (secondary N) is 1. The molecule has 1 amide bonds. The van der Waals surface area contributed by atoms with Crippen molar-refractivity contribution in [1.29, 1.82) is 0 Å². The van der Waals surface area contributed by atoms with E-state index < -0.39 is 4.92 Å². The fourth-order valence-electron chi connectivity index (χ4n) is 1.76. The quantitative estimate of drug-likeness (QED) is 0.474. The number of halogens is 1. The Morgan fingerprint density at radius 2 is 1.95 bits per heavy atom. The molecule has 0 bridgehead atoms. The molecule has 5 nitrogen and oxygen atoms in total. The van der Waals surface area contributed by atoms with E-state index in [0.29, 0.717) is 0 Å². The van der Waals surface area contributed by atoms with Gasteiger partial charge >= 0.3 is 0 Å². The number of hydrogen-bond donors (Lipinski definition) is 1. The lowest BCUT2D eigenvalue weighted by Gasteiger charge is -2.07. The van der Waals surface area contributed by atoms with Gasteiger partial charge in [0.05, 0.1) is 10.7 Å². The van der Waals surface area contributed by atoms with Crippen LogP contribution in [0.25, 0.3) is 0 Å². The van der Waals surface area contributed by atoms with Crippen LogP contribution in [0, 0.1) is 17.0 Å². The van der Waals surface area contributed by atoms with Crippen LogP contribution < -0.4 is 5.32 Å². The van der Waals surface area contributed by atoms with Gasteiger partial charge in [-0.05, 0) is 42.8 Å². The maximum atomic E-state index is 11.9. The number of benzene rings is 2. The molecule has 0 aliphatic rings. The van der Waals surface area contributed by atoms with Crippen LogP contribution in [0.3, 0.4) is 0 Å². The molecule has 0 saturated carbocycles. The van der Waals surface area contributed by atoms with Gasteiger partial charge in [0.1, 0.15) is 5.69 Å². The van der Waals surface area contributed by atoms with Gasteiger partial charge in [0, 0.05) is 15.4 Å². The van der Waals surface area contributed by atoms with Crippen LogP contribution in [0.5, 0.6) is 0 Å². The van der Waals surface area contributed by atoms with Crippen LogP contribution in [-0.4, -0.2) is 16.6 Å². The largest absolute Gasteiger partial charge is 0.320 e. The van der Waals surface area contributed by atoms with E-state index in [0.717, 1.165) is 14.9 Å². The summed E-state index contributed by atoms with van der Waals surface area (Å²) < 4.78 is 0.969. The van der Waals surface area contributed by atoms with Gasteiger partial charge in [-0.3, -0.25) is 14.9 Å². The Kier molecular flexibility index (Phi) is 5.57. The number of rotatable bonds is 5. The molecule has 0 fully saturated rings. The van der Waals surface area contributed by atoms with Crippen molar-refractivity contribution < 1.29 is 9.72 Å². The summed E-state index contributed by atoms with van der Waals surface area (Å²) in [7, 11) is 0. The van der Waals surface area contributed by atoms with Crippen molar-refractivity contribution in [1.82, 2.24) is 0 Å². The molecule has 1 N–H and O–H groups in total. The number of nitrogens with zero attached hydrogens (tertiary/aromatic N) is 1. The second kappa shape index (κ2) is 7.42. The summed E-state index contributed by atoms with van der Waals surface area (Å²) >= 11 is 4.72. The van der Waals surface area contributed by atoms with Crippen LogP contribution >= 0.6 is 27.7 Å². The summed E-state index contributed by atoms with van der Waals surface area (Å²) in [5.41, 5.74) is 0.896. The first-order valence-corrected chi connectivity index (χ1v) is 8.17. The fraction of sp³-hybridized carbons (Fsp3) is 0.133. The third-order valence-corrected chi connectivity index (χ3v) is 4.35. The summed E-state index contributed by atoms with van der Waals surface area (Å²) in [6.07, 6.45) is 0. The number of carbonyl (C=O) groups excluding carboxylic acids is 1. The number of carbonyl (C=O) groups is 1. The highest BCUT2D eigenvalue weighted by Gasteiger charge is 2.15. The van der Waals surface area contributed by atoms with Gasteiger partial charge in [-0.15, -0.1) is 11.8 Å². The standard InChI is InChI=1S/C15H13BrN2O3S/c1-10-2-7-13(14(8-10)18(20)21)17-15(19)9-22-12-5-3-11(16)4-6-12/h2-8H,9H2,1H3,(H,17,19). The van der Waals surface area contributed by atoms with Crippen LogP contribution in [0.4, 0.5) is 11.4 Å². The third-order valence-electron chi connectivity index (χ3n) is 2.81. The van der Waals surface area contributed by atoms with Crippen molar-refractivity contribution in [2.24, 2.45) is 0 Å². The maximum Gasteiger partial charge on any atom is 0.293 e. The lowest BCUT2D eigenvalue weighted by atomic mass is 10.2. The van der Waals surface area contributed by atoms with E-state index in [1.54, 1.807) is 19.1 Å². The smallest absolute Gasteiger partial charge is 0.293 e. The first-order valence-electron chi connectivity index (χ1n) is 6.39. The molecular weight excluding hydrogens is 368 g/mol.